The Labute approximate surface area is 147 Å². The van der Waals surface area contributed by atoms with Crippen LogP contribution in [0.3, 0.4) is 0 Å². The summed E-state index contributed by atoms with van der Waals surface area (Å²) in [5, 5.41) is 20.5. The topological polar surface area (TPSA) is 66.8 Å². The van der Waals surface area contributed by atoms with Crippen LogP contribution >= 0.6 is 0 Å². The highest BCUT2D eigenvalue weighted by atomic mass is 16.5. The van der Waals surface area contributed by atoms with E-state index in [0.29, 0.717) is 12.2 Å². The first-order valence-electron chi connectivity index (χ1n) is 8.36. The minimum Gasteiger partial charge on any atom is -0.507 e. The zero-order valence-electron chi connectivity index (χ0n) is 14.4. The second-order valence-corrected chi connectivity index (χ2v) is 6.52. The number of methoxy groups -OCH3 is 1. The van der Waals surface area contributed by atoms with Gasteiger partial charge in [0.15, 0.2) is 5.78 Å². The third kappa shape index (κ3) is 3.38. The number of phenolic OH excluding ortho intramolecular Hbond substituents is 2. The quantitative estimate of drug-likeness (QED) is 0.639. The van der Waals surface area contributed by atoms with Crippen LogP contribution < -0.4 is 4.74 Å². The summed E-state index contributed by atoms with van der Waals surface area (Å²) in [6, 6.07) is 12.6. The molecule has 0 aromatic heterocycles. The molecule has 4 nitrogen and oxygen atoms in total. The highest BCUT2D eigenvalue weighted by Gasteiger charge is 2.34. The maximum atomic E-state index is 13.1. The van der Waals surface area contributed by atoms with Crippen molar-refractivity contribution in [2.75, 3.05) is 7.11 Å². The molecule has 2 N–H and O–H groups in total. The van der Waals surface area contributed by atoms with Crippen LogP contribution in [0.25, 0.3) is 0 Å². The lowest BCUT2D eigenvalue weighted by atomic mass is 9.73. The fraction of sp³-hybridized carbons (Fsp3) is 0.286. The summed E-state index contributed by atoms with van der Waals surface area (Å²) < 4.78 is 5.02. The molecule has 1 aliphatic carbocycles. The lowest BCUT2D eigenvalue weighted by molar-refractivity contribution is 0.0890. The number of ketones is 1. The van der Waals surface area contributed by atoms with E-state index in [4.69, 9.17) is 4.74 Å². The van der Waals surface area contributed by atoms with Gasteiger partial charge in [0.1, 0.15) is 22.8 Å². The molecule has 0 aliphatic heterocycles. The number of ether oxygens (including phenoxy) is 1. The largest absolute Gasteiger partial charge is 0.507 e. The number of rotatable bonds is 4. The van der Waals surface area contributed by atoms with Crippen LogP contribution in [0.15, 0.2) is 54.1 Å². The molecule has 1 aliphatic rings. The third-order valence-corrected chi connectivity index (χ3v) is 4.86. The van der Waals surface area contributed by atoms with E-state index in [2.05, 4.69) is 13.0 Å². The first-order chi connectivity index (χ1) is 12.0. The molecule has 2 atom stereocenters. The lowest BCUT2D eigenvalue weighted by Gasteiger charge is -2.30. The van der Waals surface area contributed by atoms with Crippen molar-refractivity contribution in [3.05, 3.63) is 65.2 Å². The molecular weight excluding hydrogens is 316 g/mol. The Morgan fingerprint density at radius 3 is 2.36 bits per heavy atom. The molecule has 0 radical (unpaired) electrons. The second kappa shape index (κ2) is 7.01. The van der Waals surface area contributed by atoms with Gasteiger partial charge in [-0.2, -0.15) is 0 Å². The number of allylic oxidation sites excluding steroid dienone is 2. The van der Waals surface area contributed by atoms with Crippen LogP contribution in [0.2, 0.25) is 0 Å². The maximum Gasteiger partial charge on any atom is 0.174 e. The van der Waals surface area contributed by atoms with Gasteiger partial charge in [0.2, 0.25) is 0 Å². The van der Waals surface area contributed by atoms with Gasteiger partial charge < -0.3 is 14.9 Å². The molecule has 0 unspecified atom stereocenters. The number of hydrogen-bond donors (Lipinski definition) is 2. The van der Waals surface area contributed by atoms with E-state index in [1.165, 1.54) is 24.8 Å². The highest BCUT2D eigenvalue weighted by molar-refractivity contribution is 6.03. The lowest BCUT2D eigenvalue weighted by Crippen LogP contribution is -2.25. The van der Waals surface area contributed by atoms with Gasteiger partial charge in [0.25, 0.3) is 0 Å². The number of phenols is 2. The number of carbonyl (C=O) groups excluding carboxylic acids is 1. The van der Waals surface area contributed by atoms with Gasteiger partial charge in [-0.25, -0.2) is 0 Å². The monoisotopic (exact) mass is 338 g/mol. The van der Waals surface area contributed by atoms with Crippen LogP contribution in [0.4, 0.5) is 0 Å². The summed E-state index contributed by atoms with van der Waals surface area (Å²) in [4.78, 5) is 13.1. The van der Waals surface area contributed by atoms with Crippen molar-refractivity contribution in [3.63, 3.8) is 0 Å². The van der Waals surface area contributed by atoms with Gasteiger partial charge in [-0.1, -0.05) is 42.0 Å². The summed E-state index contributed by atoms with van der Waals surface area (Å²) in [6.07, 6.45) is 3.45. The van der Waals surface area contributed by atoms with Gasteiger partial charge >= 0.3 is 0 Å². The molecule has 0 bridgehead atoms. The molecule has 0 heterocycles. The Bertz CT molecular complexity index is 785. The summed E-state index contributed by atoms with van der Waals surface area (Å²) >= 11 is 0. The van der Waals surface area contributed by atoms with E-state index in [-0.39, 0.29) is 34.7 Å². The van der Waals surface area contributed by atoms with E-state index in [1.54, 1.807) is 0 Å². The van der Waals surface area contributed by atoms with Gasteiger partial charge in [0, 0.05) is 18.1 Å². The third-order valence-electron chi connectivity index (χ3n) is 4.86. The fourth-order valence-electron chi connectivity index (χ4n) is 3.55. The van der Waals surface area contributed by atoms with E-state index >= 15 is 0 Å². The Morgan fingerprint density at radius 2 is 1.76 bits per heavy atom. The van der Waals surface area contributed by atoms with Gasteiger partial charge in [0.05, 0.1) is 7.11 Å². The SMILES string of the molecule is COc1cc(O)c(C(=O)[C@@H]2CC=C(C)C[C@H]2c2ccccc2)c(O)c1. The summed E-state index contributed by atoms with van der Waals surface area (Å²) in [5.74, 6) is -0.725. The molecule has 2 aromatic carbocycles. The Morgan fingerprint density at radius 1 is 1.12 bits per heavy atom. The average molecular weight is 338 g/mol. The minimum atomic E-state index is -0.323. The zero-order chi connectivity index (χ0) is 18.0. The zero-order valence-corrected chi connectivity index (χ0v) is 14.4. The van der Waals surface area contributed by atoms with Gasteiger partial charge in [-0.3, -0.25) is 4.79 Å². The Balaban J connectivity index is 2.00. The van der Waals surface area contributed by atoms with Crippen LogP contribution in [0.1, 0.15) is 41.6 Å². The molecule has 3 rings (SSSR count). The van der Waals surface area contributed by atoms with Crippen molar-refractivity contribution in [2.24, 2.45) is 5.92 Å². The van der Waals surface area contributed by atoms with Gasteiger partial charge in [-0.15, -0.1) is 0 Å². The van der Waals surface area contributed by atoms with Crippen molar-refractivity contribution in [1.82, 2.24) is 0 Å². The summed E-state index contributed by atoms with van der Waals surface area (Å²) in [6.45, 7) is 2.07. The number of aromatic hydroxyl groups is 2. The molecule has 25 heavy (non-hydrogen) atoms. The molecule has 0 saturated carbocycles. The molecule has 0 amide bonds. The molecule has 0 fully saturated rings. The predicted molar refractivity (Wildman–Crippen MR) is 96.3 cm³/mol. The van der Waals surface area contributed by atoms with E-state index in [9.17, 15) is 15.0 Å². The van der Waals surface area contributed by atoms with Crippen molar-refractivity contribution in [3.8, 4) is 17.2 Å². The maximum absolute atomic E-state index is 13.1. The van der Waals surface area contributed by atoms with Crippen molar-refractivity contribution in [2.45, 2.75) is 25.7 Å². The molecule has 130 valence electrons. The van der Waals surface area contributed by atoms with E-state index < -0.39 is 0 Å². The molecule has 4 heteroatoms. The molecule has 0 saturated heterocycles. The smallest absolute Gasteiger partial charge is 0.174 e. The standard InChI is InChI=1S/C21H22O4/c1-13-8-9-16(17(10-13)14-6-4-3-5-7-14)21(24)20-18(22)11-15(25-2)12-19(20)23/h3-8,11-12,16-17,22-23H,9-10H2,1-2H3/t16-,17+/m1/s1. The van der Waals surface area contributed by atoms with E-state index in [1.807, 2.05) is 30.3 Å². The Hall–Kier alpha value is -2.75. The minimum absolute atomic E-state index is 0.0274. The number of Topliss-reactive ketones (excluding diaryl/α,β-unsaturated/α-hetero) is 1. The summed E-state index contributed by atoms with van der Waals surface area (Å²) in [5.41, 5.74) is 2.32. The van der Waals surface area contributed by atoms with Crippen molar-refractivity contribution in [1.29, 1.82) is 0 Å². The normalized spacial score (nSPS) is 20.0. The van der Waals surface area contributed by atoms with Crippen LogP contribution in [0.5, 0.6) is 17.2 Å². The summed E-state index contributed by atoms with van der Waals surface area (Å²) in [7, 11) is 1.44. The van der Waals surface area contributed by atoms with Crippen molar-refractivity contribution >= 4 is 5.78 Å². The van der Waals surface area contributed by atoms with Gasteiger partial charge in [-0.05, 0) is 31.2 Å². The first kappa shape index (κ1) is 17.1. The van der Waals surface area contributed by atoms with Crippen LogP contribution in [-0.2, 0) is 0 Å². The fourth-order valence-corrected chi connectivity index (χ4v) is 3.55. The second-order valence-electron chi connectivity index (χ2n) is 6.52. The molecular formula is C21H22O4. The molecule has 0 spiro atoms. The average Bonchev–Trinajstić information content (AvgIpc) is 2.61. The van der Waals surface area contributed by atoms with Crippen LogP contribution in [0, 0.1) is 5.92 Å². The Kier molecular flexibility index (Phi) is 4.79. The number of benzene rings is 2. The predicted octanol–water partition coefficient (Wildman–Crippen LogP) is 4.43. The highest BCUT2D eigenvalue weighted by Crippen LogP contribution is 2.42. The van der Waals surface area contributed by atoms with Crippen molar-refractivity contribution < 1.29 is 19.7 Å². The number of hydrogen-bond acceptors (Lipinski definition) is 4. The molecule has 2 aromatic rings. The first-order valence-corrected chi connectivity index (χ1v) is 8.36. The number of carbonyl (C=O) groups is 1. The van der Waals surface area contributed by atoms with E-state index in [0.717, 1.165) is 12.0 Å². The van der Waals surface area contributed by atoms with Crippen LogP contribution in [-0.4, -0.2) is 23.1 Å².